The minimum absolute atomic E-state index is 0.873. The summed E-state index contributed by atoms with van der Waals surface area (Å²) in [6.07, 6.45) is 6.97. The molecule has 0 bridgehead atoms. The summed E-state index contributed by atoms with van der Waals surface area (Å²) in [5.41, 5.74) is 2.17. The molecule has 1 unspecified atom stereocenters. The number of hydrogen-bond donors (Lipinski definition) is 3. The standard InChI is InChI=1S/C18H18O.C4H6O7S/c1-3-9-15-11-5-7-13-17(15)19-18-14-8-6-12-16(18)10-4-2;5-3(6)1-2(4(7)8)12(9,10)11/h3-14H,1-2H3;2H,1H2,(H,5,6)(H,7,8)(H,9,10,11). The molecule has 2 aromatic carbocycles. The lowest BCUT2D eigenvalue weighted by atomic mass is 10.1. The number of para-hydroxylation sites is 2. The summed E-state index contributed by atoms with van der Waals surface area (Å²) in [5.74, 6) is -1.75. The summed E-state index contributed by atoms with van der Waals surface area (Å²) in [6, 6.07) is 16.1. The second-order valence-electron chi connectivity index (χ2n) is 6.12. The highest BCUT2D eigenvalue weighted by Gasteiger charge is 2.33. The van der Waals surface area contributed by atoms with E-state index in [0.717, 1.165) is 22.6 Å². The number of allylic oxidation sites excluding steroid dienone is 2. The van der Waals surface area contributed by atoms with Gasteiger partial charge in [-0.1, -0.05) is 60.7 Å². The van der Waals surface area contributed by atoms with Gasteiger partial charge in [-0.05, 0) is 26.0 Å². The van der Waals surface area contributed by atoms with Crippen LogP contribution in [-0.2, 0) is 19.7 Å². The zero-order chi connectivity index (χ0) is 23.4. The number of benzene rings is 2. The Balaban J connectivity index is 0.000000348. The van der Waals surface area contributed by atoms with Gasteiger partial charge in [0.05, 0.1) is 6.42 Å². The van der Waals surface area contributed by atoms with Crippen molar-refractivity contribution in [2.75, 3.05) is 0 Å². The fourth-order valence-corrected chi connectivity index (χ4v) is 2.99. The average Bonchev–Trinajstić information content (AvgIpc) is 2.69. The molecule has 0 saturated carbocycles. The van der Waals surface area contributed by atoms with E-state index in [-0.39, 0.29) is 0 Å². The number of carboxylic acids is 2. The van der Waals surface area contributed by atoms with Gasteiger partial charge in [0.25, 0.3) is 10.1 Å². The van der Waals surface area contributed by atoms with Crippen LogP contribution >= 0.6 is 0 Å². The first-order valence-corrected chi connectivity index (χ1v) is 10.6. The Kier molecular flexibility index (Phi) is 10.2. The highest BCUT2D eigenvalue weighted by molar-refractivity contribution is 7.87. The third kappa shape index (κ3) is 8.85. The highest BCUT2D eigenvalue weighted by atomic mass is 32.2. The van der Waals surface area contributed by atoms with Crippen molar-refractivity contribution in [2.45, 2.75) is 25.5 Å². The van der Waals surface area contributed by atoms with Gasteiger partial charge in [-0.15, -0.1) is 0 Å². The molecule has 9 heteroatoms. The van der Waals surface area contributed by atoms with Gasteiger partial charge in [0.1, 0.15) is 11.5 Å². The molecule has 2 rings (SSSR count). The lowest BCUT2D eigenvalue weighted by Gasteiger charge is -2.11. The molecular weight excluding hydrogens is 424 g/mol. The van der Waals surface area contributed by atoms with Gasteiger partial charge in [-0.3, -0.25) is 14.1 Å². The number of hydrogen-bond acceptors (Lipinski definition) is 5. The first-order valence-electron chi connectivity index (χ1n) is 9.12. The fourth-order valence-electron chi connectivity index (χ4n) is 2.38. The number of rotatable bonds is 8. The maximum absolute atomic E-state index is 10.2. The van der Waals surface area contributed by atoms with Crippen molar-refractivity contribution in [1.29, 1.82) is 0 Å². The van der Waals surface area contributed by atoms with E-state index in [0.29, 0.717) is 0 Å². The zero-order valence-corrected chi connectivity index (χ0v) is 17.8. The van der Waals surface area contributed by atoms with Crippen molar-refractivity contribution in [2.24, 2.45) is 0 Å². The van der Waals surface area contributed by atoms with E-state index in [9.17, 15) is 18.0 Å². The van der Waals surface area contributed by atoms with Crippen LogP contribution in [0.25, 0.3) is 12.2 Å². The Hall–Kier alpha value is -3.43. The summed E-state index contributed by atoms with van der Waals surface area (Å²) < 4.78 is 34.7. The van der Waals surface area contributed by atoms with E-state index in [1.54, 1.807) is 0 Å². The third-order valence-electron chi connectivity index (χ3n) is 3.75. The van der Waals surface area contributed by atoms with E-state index in [4.69, 9.17) is 19.5 Å². The van der Waals surface area contributed by atoms with E-state index < -0.39 is 33.7 Å². The molecule has 0 aliphatic rings. The minimum Gasteiger partial charge on any atom is -0.481 e. The maximum Gasteiger partial charge on any atom is 0.325 e. The summed E-state index contributed by atoms with van der Waals surface area (Å²) in [5, 5.41) is 13.9. The van der Waals surface area contributed by atoms with Gasteiger partial charge in [0.15, 0.2) is 5.25 Å². The van der Waals surface area contributed by atoms with Crippen LogP contribution in [0.15, 0.2) is 60.7 Å². The molecule has 8 nitrogen and oxygen atoms in total. The van der Waals surface area contributed by atoms with Crippen LogP contribution in [0.5, 0.6) is 11.5 Å². The molecule has 3 N–H and O–H groups in total. The molecule has 0 fully saturated rings. The lowest BCUT2D eigenvalue weighted by molar-refractivity contribution is -0.143. The normalized spacial score (nSPS) is 12.2. The molecule has 0 aliphatic carbocycles. The fraction of sp³-hybridized carbons (Fsp3) is 0.182. The molecule has 0 amide bonds. The third-order valence-corrected chi connectivity index (χ3v) is 4.83. The number of carboxylic acid groups (broad SMARTS) is 2. The quantitative estimate of drug-likeness (QED) is 0.507. The Morgan fingerprint density at radius 2 is 1.32 bits per heavy atom. The Morgan fingerprint density at radius 1 is 0.903 bits per heavy atom. The van der Waals surface area contributed by atoms with Gasteiger partial charge in [-0.2, -0.15) is 8.42 Å². The molecule has 166 valence electrons. The second kappa shape index (κ2) is 12.3. The van der Waals surface area contributed by atoms with Crippen LogP contribution in [0.2, 0.25) is 0 Å². The van der Waals surface area contributed by atoms with Crippen molar-refractivity contribution in [3.63, 3.8) is 0 Å². The predicted octanol–water partition coefficient (Wildman–Crippen LogP) is 4.35. The van der Waals surface area contributed by atoms with E-state index in [1.165, 1.54) is 0 Å². The molecule has 0 saturated heterocycles. The molecule has 0 aliphatic heterocycles. The smallest absolute Gasteiger partial charge is 0.325 e. The number of carbonyl (C=O) groups is 2. The van der Waals surface area contributed by atoms with E-state index >= 15 is 0 Å². The molecule has 1 atom stereocenters. The summed E-state index contributed by atoms with van der Waals surface area (Å²) in [6.45, 7) is 4.01. The van der Waals surface area contributed by atoms with Crippen molar-refractivity contribution in [3.8, 4) is 11.5 Å². The molecule has 2 aromatic rings. The minimum atomic E-state index is -4.84. The predicted molar refractivity (Wildman–Crippen MR) is 118 cm³/mol. The average molecular weight is 448 g/mol. The van der Waals surface area contributed by atoms with Crippen molar-refractivity contribution in [1.82, 2.24) is 0 Å². The first-order chi connectivity index (χ1) is 14.6. The molecule has 0 aromatic heterocycles. The van der Waals surface area contributed by atoms with Gasteiger partial charge in [-0.25, -0.2) is 0 Å². The summed E-state index contributed by atoms with van der Waals surface area (Å²) >= 11 is 0. The van der Waals surface area contributed by atoms with Gasteiger partial charge in [0, 0.05) is 11.1 Å². The van der Waals surface area contributed by atoms with Crippen LogP contribution in [-0.4, -0.2) is 40.4 Å². The molecular formula is C22H24O8S. The largest absolute Gasteiger partial charge is 0.481 e. The monoisotopic (exact) mass is 448 g/mol. The van der Waals surface area contributed by atoms with Crippen LogP contribution in [0.4, 0.5) is 0 Å². The van der Waals surface area contributed by atoms with E-state index in [1.807, 2.05) is 86.7 Å². The van der Waals surface area contributed by atoms with E-state index in [2.05, 4.69) is 0 Å². The SMILES string of the molecule is CC=Cc1ccccc1Oc1ccccc1C=CC.O=C(O)CC(C(=O)O)S(=O)(=O)O. The van der Waals surface area contributed by atoms with Gasteiger partial charge >= 0.3 is 11.9 Å². The summed E-state index contributed by atoms with van der Waals surface area (Å²) in [4.78, 5) is 20.0. The molecule has 0 heterocycles. The molecule has 0 radical (unpaired) electrons. The van der Waals surface area contributed by atoms with Gasteiger partial charge < -0.3 is 14.9 Å². The molecule has 31 heavy (non-hydrogen) atoms. The van der Waals surface area contributed by atoms with Crippen molar-refractivity contribution in [3.05, 3.63) is 71.8 Å². The van der Waals surface area contributed by atoms with Crippen LogP contribution in [0.1, 0.15) is 31.4 Å². The zero-order valence-electron chi connectivity index (χ0n) is 17.0. The Morgan fingerprint density at radius 3 is 1.61 bits per heavy atom. The number of aliphatic carboxylic acids is 2. The highest BCUT2D eigenvalue weighted by Crippen LogP contribution is 2.29. The second-order valence-corrected chi connectivity index (χ2v) is 7.72. The van der Waals surface area contributed by atoms with Gasteiger partial charge in [0.2, 0.25) is 0 Å². The van der Waals surface area contributed by atoms with Crippen LogP contribution in [0, 0.1) is 0 Å². The lowest BCUT2D eigenvalue weighted by Crippen LogP contribution is -2.31. The maximum atomic E-state index is 10.2. The first kappa shape index (κ1) is 25.6. The summed E-state index contributed by atoms with van der Waals surface area (Å²) in [7, 11) is -4.84. The topological polar surface area (TPSA) is 138 Å². The molecule has 0 spiro atoms. The Bertz CT molecular complexity index is 1000. The number of ether oxygens (including phenoxy) is 1. The van der Waals surface area contributed by atoms with Crippen LogP contribution < -0.4 is 4.74 Å². The Labute approximate surface area is 180 Å². The van der Waals surface area contributed by atoms with Crippen molar-refractivity contribution >= 4 is 34.2 Å². The van der Waals surface area contributed by atoms with Crippen molar-refractivity contribution < 1.29 is 37.5 Å². The van der Waals surface area contributed by atoms with Crippen LogP contribution in [0.3, 0.4) is 0 Å².